The highest BCUT2D eigenvalue weighted by molar-refractivity contribution is 5.73. The van der Waals surface area contributed by atoms with E-state index in [4.69, 9.17) is 5.73 Å². The average molecular weight is 293 g/mol. The van der Waals surface area contributed by atoms with Crippen molar-refractivity contribution in [3.05, 3.63) is 41.9 Å². The fraction of sp³-hybridized carbons (Fsp3) is 0.154. The molecule has 1 aromatic carbocycles. The van der Waals surface area contributed by atoms with Gasteiger partial charge >= 0.3 is 6.18 Å². The zero-order chi connectivity index (χ0) is 15.2. The molecule has 2 heterocycles. The van der Waals surface area contributed by atoms with Crippen LogP contribution in [0.25, 0.3) is 17.0 Å². The highest BCUT2D eigenvalue weighted by Crippen LogP contribution is 2.34. The number of aromatic nitrogens is 4. The predicted molar refractivity (Wildman–Crippen MR) is 70.4 cm³/mol. The van der Waals surface area contributed by atoms with Crippen molar-refractivity contribution in [2.75, 3.05) is 5.73 Å². The van der Waals surface area contributed by atoms with E-state index in [1.54, 1.807) is 17.4 Å². The molecule has 8 heteroatoms. The maximum absolute atomic E-state index is 12.6. The summed E-state index contributed by atoms with van der Waals surface area (Å²) in [5, 5.41) is 7.93. The SMILES string of the molecule is Cc1cc2nnc(-c3ccc(C(F)(F)F)cc3N)n2cn1. The molecule has 2 N–H and O–H groups in total. The Hall–Kier alpha value is -2.64. The molecule has 0 radical (unpaired) electrons. The minimum absolute atomic E-state index is 0.0142. The molecule has 0 aliphatic heterocycles. The van der Waals surface area contributed by atoms with E-state index in [-0.39, 0.29) is 5.69 Å². The number of alkyl halides is 3. The van der Waals surface area contributed by atoms with Crippen LogP contribution in [0.3, 0.4) is 0 Å². The number of nitrogen functional groups attached to an aromatic ring is 1. The Kier molecular flexibility index (Phi) is 2.82. The molecule has 2 aromatic heterocycles. The second-order valence-corrected chi connectivity index (χ2v) is 4.58. The van der Waals surface area contributed by atoms with E-state index in [2.05, 4.69) is 15.2 Å². The summed E-state index contributed by atoms with van der Waals surface area (Å²) in [4.78, 5) is 4.11. The molecule has 0 atom stereocenters. The Balaban J connectivity index is 2.15. The molecule has 0 spiro atoms. The van der Waals surface area contributed by atoms with Gasteiger partial charge in [0.25, 0.3) is 0 Å². The first-order chi connectivity index (χ1) is 9.86. The van der Waals surface area contributed by atoms with E-state index >= 15 is 0 Å². The van der Waals surface area contributed by atoms with Gasteiger partial charge in [0.05, 0.1) is 5.56 Å². The van der Waals surface area contributed by atoms with E-state index < -0.39 is 11.7 Å². The molecule has 0 amide bonds. The van der Waals surface area contributed by atoms with Crippen molar-refractivity contribution in [2.24, 2.45) is 0 Å². The minimum Gasteiger partial charge on any atom is -0.398 e. The van der Waals surface area contributed by atoms with Gasteiger partial charge in [-0.1, -0.05) is 0 Å². The van der Waals surface area contributed by atoms with Crippen LogP contribution in [0.4, 0.5) is 18.9 Å². The van der Waals surface area contributed by atoms with Crippen LogP contribution in [0.5, 0.6) is 0 Å². The Morgan fingerprint density at radius 3 is 2.57 bits per heavy atom. The van der Waals surface area contributed by atoms with Crippen LogP contribution >= 0.6 is 0 Å². The van der Waals surface area contributed by atoms with Gasteiger partial charge in [-0.3, -0.25) is 4.40 Å². The molecule has 0 aliphatic rings. The van der Waals surface area contributed by atoms with Crippen LogP contribution in [0, 0.1) is 6.92 Å². The summed E-state index contributed by atoms with van der Waals surface area (Å²) in [6.07, 6.45) is -2.92. The Morgan fingerprint density at radius 2 is 1.90 bits per heavy atom. The highest BCUT2D eigenvalue weighted by Gasteiger charge is 2.31. The summed E-state index contributed by atoms with van der Waals surface area (Å²) < 4.78 is 39.5. The van der Waals surface area contributed by atoms with Gasteiger partial charge in [0.2, 0.25) is 0 Å². The number of nitrogens with zero attached hydrogens (tertiary/aromatic N) is 4. The molecule has 0 unspecified atom stereocenters. The number of benzene rings is 1. The lowest BCUT2D eigenvalue weighted by molar-refractivity contribution is -0.137. The van der Waals surface area contributed by atoms with Crippen LogP contribution in [0.1, 0.15) is 11.3 Å². The first-order valence-electron chi connectivity index (χ1n) is 6.01. The molecule has 21 heavy (non-hydrogen) atoms. The average Bonchev–Trinajstić information content (AvgIpc) is 2.80. The molecule has 3 rings (SSSR count). The number of aryl methyl sites for hydroxylation is 1. The number of hydrogen-bond donors (Lipinski definition) is 1. The van der Waals surface area contributed by atoms with Crippen LogP contribution in [0.15, 0.2) is 30.6 Å². The number of nitrogens with two attached hydrogens (primary N) is 1. The topological polar surface area (TPSA) is 69.1 Å². The Bertz CT molecular complexity index is 822. The number of rotatable bonds is 1. The van der Waals surface area contributed by atoms with Gasteiger partial charge in [-0.25, -0.2) is 4.98 Å². The molecule has 5 nitrogen and oxygen atoms in total. The second kappa shape index (κ2) is 4.44. The maximum Gasteiger partial charge on any atom is 0.416 e. The van der Waals surface area contributed by atoms with Gasteiger partial charge in [0.1, 0.15) is 6.33 Å². The number of fused-ring (bicyclic) bond motifs is 1. The standard InChI is InChI=1S/C13H10F3N5/c1-7-4-11-19-20-12(21(11)6-18-7)9-3-2-8(5-10(9)17)13(14,15)16/h2-6H,17H2,1H3. The van der Waals surface area contributed by atoms with Crippen molar-refractivity contribution < 1.29 is 13.2 Å². The summed E-state index contributed by atoms with van der Waals surface area (Å²) in [5.41, 5.74) is 6.61. The van der Waals surface area contributed by atoms with Gasteiger partial charge in [-0.15, -0.1) is 10.2 Å². The molecule has 0 saturated carbocycles. The fourth-order valence-corrected chi connectivity index (χ4v) is 2.01. The molecule has 0 saturated heterocycles. The van der Waals surface area contributed by atoms with Crippen LogP contribution in [-0.4, -0.2) is 19.6 Å². The van der Waals surface area contributed by atoms with Crippen molar-refractivity contribution in [1.82, 2.24) is 19.6 Å². The molecule has 108 valence electrons. The second-order valence-electron chi connectivity index (χ2n) is 4.58. The number of hydrogen-bond acceptors (Lipinski definition) is 4. The minimum atomic E-state index is -4.43. The quantitative estimate of drug-likeness (QED) is 0.700. The summed E-state index contributed by atoms with van der Waals surface area (Å²) in [6.45, 7) is 1.81. The van der Waals surface area contributed by atoms with Crippen molar-refractivity contribution in [3.8, 4) is 11.4 Å². The van der Waals surface area contributed by atoms with Gasteiger partial charge in [-0.2, -0.15) is 13.2 Å². The molecule has 3 aromatic rings. The third-order valence-electron chi connectivity index (χ3n) is 3.06. The number of anilines is 1. The zero-order valence-corrected chi connectivity index (χ0v) is 10.9. The van der Waals surface area contributed by atoms with E-state index in [1.807, 2.05) is 0 Å². The fourth-order valence-electron chi connectivity index (χ4n) is 2.01. The highest BCUT2D eigenvalue weighted by atomic mass is 19.4. The molecule has 0 fully saturated rings. The predicted octanol–water partition coefficient (Wildman–Crippen LogP) is 2.70. The lowest BCUT2D eigenvalue weighted by Crippen LogP contribution is -2.06. The van der Waals surface area contributed by atoms with E-state index in [0.717, 1.165) is 17.8 Å². The maximum atomic E-state index is 12.6. The first kappa shape index (κ1) is 13.3. The molecular weight excluding hydrogens is 283 g/mol. The van der Waals surface area contributed by atoms with E-state index in [9.17, 15) is 13.2 Å². The number of halogens is 3. The van der Waals surface area contributed by atoms with E-state index in [1.165, 1.54) is 12.4 Å². The zero-order valence-electron chi connectivity index (χ0n) is 10.9. The van der Waals surface area contributed by atoms with Gasteiger partial charge < -0.3 is 5.73 Å². The van der Waals surface area contributed by atoms with E-state index in [0.29, 0.717) is 17.0 Å². The smallest absolute Gasteiger partial charge is 0.398 e. The lowest BCUT2D eigenvalue weighted by atomic mass is 10.1. The normalized spacial score (nSPS) is 12.0. The van der Waals surface area contributed by atoms with Gasteiger partial charge in [-0.05, 0) is 25.1 Å². The summed E-state index contributed by atoms with van der Waals surface area (Å²) in [5.74, 6) is 0.351. The Labute approximate surface area is 117 Å². The molecule has 0 bridgehead atoms. The third kappa shape index (κ3) is 2.28. The summed E-state index contributed by atoms with van der Waals surface area (Å²) >= 11 is 0. The van der Waals surface area contributed by atoms with Crippen molar-refractivity contribution in [3.63, 3.8) is 0 Å². The Morgan fingerprint density at radius 1 is 1.14 bits per heavy atom. The lowest BCUT2D eigenvalue weighted by Gasteiger charge is -2.10. The van der Waals surface area contributed by atoms with Gasteiger partial charge in [0, 0.05) is 23.0 Å². The van der Waals surface area contributed by atoms with Crippen LogP contribution in [0.2, 0.25) is 0 Å². The first-order valence-corrected chi connectivity index (χ1v) is 6.01. The van der Waals surface area contributed by atoms with Crippen molar-refractivity contribution in [1.29, 1.82) is 0 Å². The summed E-state index contributed by atoms with van der Waals surface area (Å²) in [7, 11) is 0. The molecule has 0 aliphatic carbocycles. The monoisotopic (exact) mass is 293 g/mol. The van der Waals surface area contributed by atoms with Crippen LogP contribution in [-0.2, 0) is 6.18 Å². The van der Waals surface area contributed by atoms with Crippen molar-refractivity contribution >= 4 is 11.3 Å². The van der Waals surface area contributed by atoms with Crippen molar-refractivity contribution in [2.45, 2.75) is 13.1 Å². The summed E-state index contributed by atoms with van der Waals surface area (Å²) in [6, 6.07) is 4.86. The van der Waals surface area contributed by atoms with Crippen LogP contribution < -0.4 is 5.73 Å². The largest absolute Gasteiger partial charge is 0.416 e. The third-order valence-corrected chi connectivity index (χ3v) is 3.06. The molecular formula is C13H10F3N5. The van der Waals surface area contributed by atoms with Gasteiger partial charge in [0.15, 0.2) is 11.5 Å².